The summed E-state index contributed by atoms with van der Waals surface area (Å²) in [7, 11) is 1.63. The first-order valence-electron chi connectivity index (χ1n) is 6.64. The van der Waals surface area contributed by atoms with Crippen molar-refractivity contribution in [3.63, 3.8) is 0 Å². The lowest BCUT2D eigenvalue weighted by Gasteiger charge is -2.09. The molecule has 0 bridgehead atoms. The van der Waals surface area contributed by atoms with Gasteiger partial charge in [-0.25, -0.2) is 4.68 Å². The Morgan fingerprint density at radius 1 is 1.14 bits per heavy atom. The Morgan fingerprint density at radius 2 is 1.95 bits per heavy atom. The minimum absolute atomic E-state index is 0.270. The van der Waals surface area contributed by atoms with Gasteiger partial charge < -0.3 is 4.74 Å². The van der Waals surface area contributed by atoms with Crippen molar-refractivity contribution in [2.45, 2.75) is 5.88 Å². The molecule has 0 N–H and O–H groups in total. The predicted molar refractivity (Wildman–Crippen MR) is 87.9 cm³/mol. The largest absolute Gasteiger partial charge is 0.497 e. The third-order valence-electron chi connectivity index (χ3n) is 3.26. The standard InChI is InChI=1S/C16H13Cl2N3O/c1-22-14-7-3-6-13(9-14)21-16(15(10-17)19-20-21)11-4-2-5-12(18)8-11/h2-9H,10H2,1H3. The number of nitrogens with zero attached hydrogens (tertiary/aromatic N) is 3. The van der Waals surface area contributed by atoms with Crippen molar-refractivity contribution in [2.75, 3.05) is 7.11 Å². The van der Waals surface area contributed by atoms with Crippen molar-refractivity contribution in [2.24, 2.45) is 0 Å². The Bertz CT molecular complexity index is 802. The van der Waals surface area contributed by atoms with Gasteiger partial charge in [0.2, 0.25) is 0 Å². The van der Waals surface area contributed by atoms with Gasteiger partial charge in [-0.15, -0.1) is 16.7 Å². The van der Waals surface area contributed by atoms with Gasteiger partial charge in [0.25, 0.3) is 0 Å². The molecule has 0 radical (unpaired) electrons. The molecule has 6 heteroatoms. The Balaban J connectivity index is 2.19. The highest BCUT2D eigenvalue weighted by atomic mass is 35.5. The van der Waals surface area contributed by atoms with Crippen LogP contribution < -0.4 is 4.74 Å². The van der Waals surface area contributed by atoms with E-state index in [9.17, 15) is 0 Å². The first kappa shape index (κ1) is 14.9. The molecule has 112 valence electrons. The normalized spacial score (nSPS) is 10.7. The number of alkyl halides is 1. The van der Waals surface area contributed by atoms with Crippen LogP contribution in [0.2, 0.25) is 5.02 Å². The SMILES string of the molecule is COc1cccc(-n2nnc(CCl)c2-c2cccc(Cl)c2)c1. The molecule has 0 aliphatic carbocycles. The van der Waals surface area contributed by atoms with E-state index in [1.54, 1.807) is 11.8 Å². The fraction of sp³-hybridized carbons (Fsp3) is 0.125. The molecule has 0 unspecified atom stereocenters. The molecule has 3 rings (SSSR count). The summed E-state index contributed by atoms with van der Waals surface area (Å²) in [6.45, 7) is 0. The van der Waals surface area contributed by atoms with E-state index in [1.807, 2.05) is 48.5 Å². The molecule has 22 heavy (non-hydrogen) atoms. The average molecular weight is 334 g/mol. The summed E-state index contributed by atoms with van der Waals surface area (Å²) in [5, 5.41) is 9.04. The summed E-state index contributed by atoms with van der Waals surface area (Å²) in [5.74, 6) is 1.02. The second-order valence-corrected chi connectivity index (χ2v) is 5.35. The van der Waals surface area contributed by atoms with Gasteiger partial charge in [0.05, 0.1) is 24.4 Å². The summed E-state index contributed by atoms with van der Waals surface area (Å²) in [6, 6.07) is 15.1. The van der Waals surface area contributed by atoms with E-state index < -0.39 is 0 Å². The number of ether oxygens (including phenoxy) is 1. The highest BCUT2D eigenvalue weighted by Gasteiger charge is 2.16. The summed E-state index contributed by atoms with van der Waals surface area (Å²) >= 11 is 12.1. The van der Waals surface area contributed by atoms with E-state index >= 15 is 0 Å². The molecule has 0 aliphatic rings. The summed E-state index contributed by atoms with van der Waals surface area (Å²) in [4.78, 5) is 0. The molecular weight excluding hydrogens is 321 g/mol. The van der Waals surface area contributed by atoms with Crippen molar-refractivity contribution in [3.8, 4) is 22.7 Å². The molecular formula is C16H13Cl2N3O. The zero-order chi connectivity index (χ0) is 15.5. The maximum Gasteiger partial charge on any atom is 0.121 e. The fourth-order valence-electron chi connectivity index (χ4n) is 2.25. The van der Waals surface area contributed by atoms with Gasteiger partial charge in [0.1, 0.15) is 11.4 Å². The quantitative estimate of drug-likeness (QED) is 0.667. The van der Waals surface area contributed by atoms with Gasteiger partial charge in [0, 0.05) is 16.7 Å². The molecule has 0 spiro atoms. The molecule has 4 nitrogen and oxygen atoms in total. The molecule has 0 aliphatic heterocycles. The van der Waals surface area contributed by atoms with E-state index in [4.69, 9.17) is 27.9 Å². The Kier molecular flexibility index (Phi) is 4.32. The number of hydrogen-bond donors (Lipinski definition) is 0. The van der Waals surface area contributed by atoms with Gasteiger partial charge in [-0.3, -0.25) is 0 Å². The number of methoxy groups -OCH3 is 1. The number of benzene rings is 2. The van der Waals surface area contributed by atoms with Crippen molar-refractivity contribution in [1.82, 2.24) is 15.0 Å². The Morgan fingerprint density at radius 3 is 2.68 bits per heavy atom. The van der Waals surface area contributed by atoms with Crippen LogP contribution in [-0.2, 0) is 5.88 Å². The lowest BCUT2D eigenvalue weighted by atomic mass is 10.1. The lowest BCUT2D eigenvalue weighted by molar-refractivity contribution is 0.414. The van der Waals surface area contributed by atoms with E-state index in [-0.39, 0.29) is 5.88 Å². The van der Waals surface area contributed by atoms with Crippen molar-refractivity contribution in [1.29, 1.82) is 0 Å². The smallest absolute Gasteiger partial charge is 0.121 e. The van der Waals surface area contributed by atoms with Crippen LogP contribution in [0.25, 0.3) is 16.9 Å². The van der Waals surface area contributed by atoms with Gasteiger partial charge in [-0.1, -0.05) is 35.0 Å². The summed E-state index contributed by atoms with van der Waals surface area (Å²) < 4.78 is 7.01. The third-order valence-corrected chi connectivity index (χ3v) is 3.75. The minimum atomic E-state index is 0.270. The monoisotopic (exact) mass is 333 g/mol. The van der Waals surface area contributed by atoms with Gasteiger partial charge in [-0.2, -0.15) is 0 Å². The van der Waals surface area contributed by atoms with E-state index in [2.05, 4.69) is 10.3 Å². The minimum Gasteiger partial charge on any atom is -0.497 e. The average Bonchev–Trinajstić information content (AvgIpc) is 2.99. The maximum absolute atomic E-state index is 6.10. The predicted octanol–water partition coefficient (Wildman–Crippen LogP) is 4.34. The zero-order valence-corrected chi connectivity index (χ0v) is 13.3. The second kappa shape index (κ2) is 6.38. The second-order valence-electron chi connectivity index (χ2n) is 4.64. The van der Waals surface area contributed by atoms with Gasteiger partial charge in [0.15, 0.2) is 0 Å². The maximum atomic E-state index is 6.10. The fourth-order valence-corrected chi connectivity index (χ4v) is 2.62. The van der Waals surface area contributed by atoms with Gasteiger partial charge >= 0.3 is 0 Å². The molecule has 0 fully saturated rings. The highest BCUT2D eigenvalue weighted by molar-refractivity contribution is 6.30. The molecule has 1 heterocycles. The molecule has 3 aromatic rings. The molecule has 0 saturated carbocycles. The molecule has 0 amide bonds. The van der Waals surface area contributed by atoms with Gasteiger partial charge in [-0.05, 0) is 24.3 Å². The van der Waals surface area contributed by atoms with Crippen molar-refractivity contribution in [3.05, 3.63) is 59.2 Å². The zero-order valence-electron chi connectivity index (χ0n) is 11.8. The number of halogens is 2. The van der Waals surface area contributed by atoms with Crippen molar-refractivity contribution < 1.29 is 4.74 Å². The summed E-state index contributed by atoms with van der Waals surface area (Å²) in [6.07, 6.45) is 0. The summed E-state index contributed by atoms with van der Waals surface area (Å²) in [5.41, 5.74) is 3.28. The topological polar surface area (TPSA) is 39.9 Å². The van der Waals surface area contributed by atoms with Crippen LogP contribution in [0.1, 0.15) is 5.69 Å². The molecule has 2 aromatic carbocycles. The molecule has 0 atom stereocenters. The number of hydrogen-bond acceptors (Lipinski definition) is 3. The van der Waals surface area contributed by atoms with Crippen LogP contribution in [0.15, 0.2) is 48.5 Å². The van der Waals surface area contributed by atoms with Crippen LogP contribution in [-0.4, -0.2) is 22.1 Å². The highest BCUT2D eigenvalue weighted by Crippen LogP contribution is 2.29. The number of aromatic nitrogens is 3. The van der Waals surface area contributed by atoms with Crippen LogP contribution >= 0.6 is 23.2 Å². The molecule has 1 aromatic heterocycles. The first-order valence-corrected chi connectivity index (χ1v) is 7.55. The Hall–Kier alpha value is -2.04. The van der Waals surface area contributed by atoms with E-state index in [0.29, 0.717) is 10.7 Å². The van der Waals surface area contributed by atoms with Crippen molar-refractivity contribution >= 4 is 23.2 Å². The van der Waals surface area contributed by atoms with Crippen LogP contribution in [0.4, 0.5) is 0 Å². The van der Waals surface area contributed by atoms with Crippen LogP contribution in [0.5, 0.6) is 5.75 Å². The van der Waals surface area contributed by atoms with E-state index in [0.717, 1.165) is 22.7 Å². The van der Waals surface area contributed by atoms with Crippen LogP contribution in [0.3, 0.4) is 0 Å². The van der Waals surface area contributed by atoms with Crippen LogP contribution in [0, 0.1) is 0 Å². The lowest BCUT2D eigenvalue weighted by Crippen LogP contribution is -2.00. The Labute approximate surface area is 138 Å². The molecule has 0 saturated heterocycles. The third kappa shape index (κ3) is 2.80. The van der Waals surface area contributed by atoms with E-state index in [1.165, 1.54) is 0 Å². The first-order chi connectivity index (χ1) is 10.7. The number of rotatable bonds is 4.